The number of ether oxygens (including phenoxy) is 2. The third kappa shape index (κ3) is 5.37. The molecule has 0 atom stereocenters. The van der Waals surface area contributed by atoms with E-state index in [0.29, 0.717) is 43.2 Å². The van der Waals surface area contributed by atoms with Crippen LogP contribution in [0.2, 0.25) is 0 Å². The summed E-state index contributed by atoms with van der Waals surface area (Å²) in [6.45, 7) is 7.02. The van der Waals surface area contributed by atoms with E-state index in [9.17, 15) is 14.4 Å². The van der Waals surface area contributed by atoms with Gasteiger partial charge in [0.1, 0.15) is 11.5 Å². The first-order chi connectivity index (χ1) is 14.3. The van der Waals surface area contributed by atoms with Crippen molar-refractivity contribution in [2.75, 3.05) is 32.8 Å². The van der Waals surface area contributed by atoms with Crippen LogP contribution >= 0.6 is 0 Å². The van der Waals surface area contributed by atoms with Crippen molar-refractivity contribution in [1.82, 2.24) is 9.80 Å². The molecule has 0 unspecified atom stereocenters. The van der Waals surface area contributed by atoms with Crippen LogP contribution in [0.5, 0.6) is 11.5 Å². The van der Waals surface area contributed by atoms with Crippen molar-refractivity contribution in [3.63, 3.8) is 0 Å². The number of nitrogens with zero attached hydrogens (tertiary/aromatic N) is 2. The van der Waals surface area contributed by atoms with E-state index in [1.807, 2.05) is 32.0 Å². The summed E-state index contributed by atoms with van der Waals surface area (Å²) >= 11 is 0. The Morgan fingerprint density at radius 1 is 0.933 bits per heavy atom. The van der Waals surface area contributed by atoms with E-state index in [2.05, 4.69) is 0 Å². The Balaban J connectivity index is 1.52. The van der Waals surface area contributed by atoms with Gasteiger partial charge in [-0.2, -0.15) is 0 Å². The highest BCUT2D eigenvalue weighted by molar-refractivity contribution is 5.95. The summed E-state index contributed by atoms with van der Waals surface area (Å²) in [5, 5.41) is 0. The minimum absolute atomic E-state index is 0.0255. The van der Waals surface area contributed by atoms with Gasteiger partial charge in [0.25, 0.3) is 11.8 Å². The van der Waals surface area contributed by atoms with Gasteiger partial charge >= 0.3 is 5.97 Å². The van der Waals surface area contributed by atoms with Gasteiger partial charge < -0.3 is 19.3 Å². The van der Waals surface area contributed by atoms with Crippen molar-refractivity contribution in [3.8, 4) is 11.5 Å². The Kier molecular flexibility index (Phi) is 6.72. The number of benzene rings is 2. The first-order valence-electron chi connectivity index (χ1n) is 9.89. The molecule has 1 heterocycles. The van der Waals surface area contributed by atoms with E-state index >= 15 is 0 Å². The minimum atomic E-state index is -0.435. The molecule has 1 aliphatic heterocycles. The summed E-state index contributed by atoms with van der Waals surface area (Å²) in [6.07, 6.45) is 0. The van der Waals surface area contributed by atoms with Gasteiger partial charge in [0.2, 0.25) is 0 Å². The Hall–Kier alpha value is -3.35. The first-order valence-corrected chi connectivity index (χ1v) is 9.89. The third-order valence-corrected chi connectivity index (χ3v) is 4.94. The van der Waals surface area contributed by atoms with Crippen LogP contribution < -0.4 is 9.47 Å². The molecule has 7 nitrogen and oxygen atoms in total. The van der Waals surface area contributed by atoms with Crippen LogP contribution in [-0.2, 0) is 9.59 Å². The highest BCUT2D eigenvalue weighted by atomic mass is 16.5. The summed E-state index contributed by atoms with van der Waals surface area (Å²) in [5.74, 6) is 0.359. The molecule has 1 saturated heterocycles. The normalized spacial score (nSPS) is 13.7. The molecule has 0 spiro atoms. The Labute approximate surface area is 176 Å². The van der Waals surface area contributed by atoms with E-state index in [-0.39, 0.29) is 18.4 Å². The zero-order valence-corrected chi connectivity index (χ0v) is 17.5. The van der Waals surface area contributed by atoms with Crippen molar-refractivity contribution >= 4 is 17.8 Å². The number of esters is 1. The number of amides is 2. The molecule has 3 rings (SSSR count). The van der Waals surface area contributed by atoms with Crippen LogP contribution in [0.1, 0.15) is 28.4 Å². The minimum Gasteiger partial charge on any atom is -0.484 e. The zero-order chi connectivity index (χ0) is 21.7. The average molecular weight is 410 g/mol. The molecule has 1 aliphatic rings. The summed E-state index contributed by atoms with van der Waals surface area (Å²) in [4.78, 5) is 39.8. The molecule has 0 aromatic heterocycles. The second kappa shape index (κ2) is 9.43. The van der Waals surface area contributed by atoms with Gasteiger partial charge in [-0.25, -0.2) is 0 Å². The Morgan fingerprint density at radius 2 is 1.63 bits per heavy atom. The number of piperazine rings is 1. The highest BCUT2D eigenvalue weighted by Crippen LogP contribution is 2.19. The third-order valence-electron chi connectivity index (χ3n) is 4.94. The van der Waals surface area contributed by atoms with Crippen LogP contribution in [-0.4, -0.2) is 60.4 Å². The van der Waals surface area contributed by atoms with Crippen LogP contribution in [0.3, 0.4) is 0 Å². The van der Waals surface area contributed by atoms with Crippen LogP contribution in [0.15, 0.2) is 42.5 Å². The molecule has 2 aromatic rings. The van der Waals surface area contributed by atoms with E-state index in [0.717, 1.165) is 11.1 Å². The van der Waals surface area contributed by atoms with Crippen molar-refractivity contribution in [3.05, 3.63) is 59.2 Å². The maximum atomic E-state index is 12.7. The van der Waals surface area contributed by atoms with Gasteiger partial charge in [0.15, 0.2) is 6.61 Å². The first kappa shape index (κ1) is 21.4. The number of carbonyl (C=O) groups is 3. The predicted octanol–water partition coefficient (Wildman–Crippen LogP) is 2.59. The zero-order valence-electron chi connectivity index (χ0n) is 17.5. The maximum Gasteiger partial charge on any atom is 0.308 e. The lowest BCUT2D eigenvalue weighted by molar-refractivity contribution is -0.135. The van der Waals surface area contributed by atoms with Gasteiger partial charge in [-0.05, 0) is 43.7 Å². The highest BCUT2D eigenvalue weighted by Gasteiger charge is 2.25. The number of carbonyl (C=O) groups excluding carboxylic acids is 3. The van der Waals surface area contributed by atoms with Gasteiger partial charge in [-0.1, -0.05) is 23.8 Å². The van der Waals surface area contributed by atoms with Crippen LogP contribution in [0.25, 0.3) is 0 Å². The molecule has 30 heavy (non-hydrogen) atoms. The molecule has 158 valence electrons. The summed E-state index contributed by atoms with van der Waals surface area (Å²) in [7, 11) is 0. The standard InChI is InChI=1S/C23H26N2O5/c1-16-7-8-21(17(2)13-16)29-15-22(27)24-9-11-25(12-10-24)23(28)19-5-4-6-20(14-19)30-18(3)26/h4-8,13-14H,9-12,15H2,1-3H3. The average Bonchev–Trinajstić information content (AvgIpc) is 2.72. The summed E-state index contributed by atoms with van der Waals surface area (Å²) in [6, 6.07) is 12.4. The molecule has 2 amide bonds. The van der Waals surface area contributed by atoms with Gasteiger partial charge in [0.05, 0.1) is 0 Å². The predicted molar refractivity (Wildman–Crippen MR) is 112 cm³/mol. The van der Waals surface area contributed by atoms with Gasteiger partial charge in [0, 0.05) is 38.7 Å². The number of aryl methyl sites for hydroxylation is 2. The topological polar surface area (TPSA) is 76.2 Å². The number of hydrogen-bond acceptors (Lipinski definition) is 5. The van der Waals surface area contributed by atoms with Gasteiger partial charge in [-0.15, -0.1) is 0 Å². The molecule has 0 radical (unpaired) electrons. The molecule has 7 heteroatoms. The van der Waals surface area contributed by atoms with Crippen LogP contribution in [0, 0.1) is 13.8 Å². The summed E-state index contributed by atoms with van der Waals surface area (Å²) in [5.41, 5.74) is 2.59. The van der Waals surface area contributed by atoms with Gasteiger partial charge in [-0.3, -0.25) is 14.4 Å². The van der Waals surface area contributed by atoms with Crippen molar-refractivity contribution < 1.29 is 23.9 Å². The Bertz CT molecular complexity index is 948. The van der Waals surface area contributed by atoms with E-state index < -0.39 is 5.97 Å². The lowest BCUT2D eigenvalue weighted by atomic mass is 10.1. The van der Waals surface area contributed by atoms with Crippen LogP contribution in [0.4, 0.5) is 0 Å². The van der Waals surface area contributed by atoms with E-state index in [1.165, 1.54) is 6.92 Å². The molecular formula is C23H26N2O5. The monoisotopic (exact) mass is 410 g/mol. The number of hydrogen-bond donors (Lipinski definition) is 0. The lowest BCUT2D eigenvalue weighted by Gasteiger charge is -2.34. The molecule has 2 aromatic carbocycles. The fourth-order valence-electron chi connectivity index (χ4n) is 3.39. The second-order valence-corrected chi connectivity index (χ2v) is 7.35. The quantitative estimate of drug-likeness (QED) is 0.559. The molecule has 0 saturated carbocycles. The SMILES string of the molecule is CC(=O)Oc1cccc(C(=O)N2CCN(C(=O)COc3ccc(C)cc3C)CC2)c1. The van der Waals surface area contributed by atoms with Crippen molar-refractivity contribution in [1.29, 1.82) is 0 Å². The van der Waals surface area contributed by atoms with Crippen molar-refractivity contribution in [2.45, 2.75) is 20.8 Å². The van der Waals surface area contributed by atoms with Crippen molar-refractivity contribution in [2.24, 2.45) is 0 Å². The maximum absolute atomic E-state index is 12.7. The molecule has 0 bridgehead atoms. The fourth-order valence-corrected chi connectivity index (χ4v) is 3.39. The second-order valence-electron chi connectivity index (χ2n) is 7.35. The summed E-state index contributed by atoms with van der Waals surface area (Å²) < 4.78 is 10.7. The lowest BCUT2D eigenvalue weighted by Crippen LogP contribution is -2.51. The molecule has 1 fully saturated rings. The Morgan fingerprint density at radius 3 is 2.30 bits per heavy atom. The van der Waals surface area contributed by atoms with E-state index in [4.69, 9.17) is 9.47 Å². The molecule has 0 N–H and O–H groups in total. The number of rotatable bonds is 5. The largest absolute Gasteiger partial charge is 0.484 e. The molecular weight excluding hydrogens is 384 g/mol. The fraction of sp³-hybridized carbons (Fsp3) is 0.348. The molecule has 0 aliphatic carbocycles. The van der Waals surface area contributed by atoms with E-state index in [1.54, 1.807) is 34.1 Å². The smallest absolute Gasteiger partial charge is 0.308 e.